The highest BCUT2D eigenvalue weighted by molar-refractivity contribution is 6.35. The summed E-state index contributed by atoms with van der Waals surface area (Å²) in [6, 6.07) is 7.77. The van der Waals surface area contributed by atoms with Crippen molar-refractivity contribution >= 4 is 53.2 Å². The number of carbonyl (C=O) groups is 1. The van der Waals surface area contributed by atoms with Gasteiger partial charge in [0.05, 0.1) is 5.41 Å². The molecule has 0 radical (unpaired) electrons. The zero-order valence-corrected chi connectivity index (χ0v) is 20.4. The predicted molar refractivity (Wildman–Crippen MR) is 132 cm³/mol. The van der Waals surface area contributed by atoms with E-state index in [9.17, 15) is 4.79 Å². The monoisotopic (exact) mass is 498 g/mol. The Kier molecular flexibility index (Phi) is 8.44. The third kappa shape index (κ3) is 4.91. The molecule has 2 aliphatic heterocycles. The number of rotatable bonds is 5. The van der Waals surface area contributed by atoms with Crippen LogP contribution in [0.2, 0.25) is 10.0 Å². The predicted octanol–water partition coefficient (Wildman–Crippen LogP) is 3.61. The van der Waals surface area contributed by atoms with Crippen molar-refractivity contribution in [2.75, 3.05) is 56.0 Å². The molecule has 4 rings (SSSR count). The SMILES string of the molecule is CCNc1ncnc(N2CCN(C(=O)C3(c4ccc(Cl)cc4)CCNCC3)CC2)c1Cl.Cl. The summed E-state index contributed by atoms with van der Waals surface area (Å²) in [7, 11) is 0. The number of piperidine rings is 1. The fourth-order valence-electron chi connectivity index (χ4n) is 4.54. The van der Waals surface area contributed by atoms with E-state index in [0.717, 1.165) is 38.0 Å². The molecule has 10 heteroatoms. The van der Waals surface area contributed by atoms with Crippen molar-refractivity contribution in [3.63, 3.8) is 0 Å². The van der Waals surface area contributed by atoms with Crippen molar-refractivity contribution in [2.24, 2.45) is 0 Å². The number of piperazine rings is 1. The maximum atomic E-state index is 13.8. The number of anilines is 2. The minimum Gasteiger partial charge on any atom is -0.369 e. The van der Waals surface area contributed by atoms with Gasteiger partial charge in [-0.25, -0.2) is 9.97 Å². The van der Waals surface area contributed by atoms with Crippen molar-refractivity contribution in [1.29, 1.82) is 0 Å². The van der Waals surface area contributed by atoms with Gasteiger partial charge in [0.25, 0.3) is 0 Å². The van der Waals surface area contributed by atoms with Gasteiger partial charge in [-0.1, -0.05) is 35.3 Å². The van der Waals surface area contributed by atoms with Crippen molar-refractivity contribution in [1.82, 2.24) is 20.2 Å². The van der Waals surface area contributed by atoms with Gasteiger partial charge in [-0.3, -0.25) is 4.79 Å². The number of hydrogen-bond donors (Lipinski definition) is 2. The second-order valence-electron chi connectivity index (χ2n) is 8.01. The van der Waals surface area contributed by atoms with Gasteiger partial charge < -0.3 is 20.4 Å². The first-order chi connectivity index (χ1) is 15.0. The lowest BCUT2D eigenvalue weighted by molar-refractivity contribution is -0.139. The average Bonchev–Trinajstić information content (AvgIpc) is 2.81. The van der Waals surface area contributed by atoms with Crippen LogP contribution in [-0.4, -0.2) is 66.6 Å². The highest BCUT2D eigenvalue weighted by Gasteiger charge is 2.44. The number of aromatic nitrogens is 2. The summed E-state index contributed by atoms with van der Waals surface area (Å²) in [6.45, 7) is 7.04. The van der Waals surface area contributed by atoms with Crippen molar-refractivity contribution < 1.29 is 4.79 Å². The Balaban J connectivity index is 0.00000289. The second kappa shape index (κ2) is 10.9. The smallest absolute Gasteiger partial charge is 0.233 e. The summed E-state index contributed by atoms with van der Waals surface area (Å²) in [5.41, 5.74) is 0.558. The summed E-state index contributed by atoms with van der Waals surface area (Å²) < 4.78 is 0. The molecule has 2 aliphatic rings. The van der Waals surface area contributed by atoms with Crippen LogP contribution in [0.1, 0.15) is 25.3 Å². The number of benzene rings is 1. The Bertz CT molecular complexity index is 912. The Morgan fingerprint density at radius 2 is 1.75 bits per heavy atom. The Morgan fingerprint density at radius 3 is 2.38 bits per heavy atom. The van der Waals surface area contributed by atoms with E-state index in [1.807, 2.05) is 36.1 Å². The molecule has 0 atom stereocenters. The minimum absolute atomic E-state index is 0. The Labute approximate surface area is 205 Å². The van der Waals surface area contributed by atoms with Crippen LogP contribution in [-0.2, 0) is 10.2 Å². The fourth-order valence-corrected chi connectivity index (χ4v) is 4.95. The maximum Gasteiger partial charge on any atom is 0.233 e. The third-order valence-electron chi connectivity index (χ3n) is 6.25. The molecule has 1 aromatic heterocycles. The standard InChI is InChI=1S/C22H28Cl2N6O.ClH/c1-2-26-19-18(24)20(28-15-27-19)29-11-13-30(14-12-29)21(31)22(7-9-25-10-8-22)16-3-5-17(23)6-4-16;/h3-6,15,25H,2,7-14H2,1H3,(H,26,27,28);1H. The second-order valence-corrected chi connectivity index (χ2v) is 8.82. The first-order valence-electron chi connectivity index (χ1n) is 10.8. The van der Waals surface area contributed by atoms with E-state index in [1.54, 1.807) is 0 Å². The highest BCUT2D eigenvalue weighted by atomic mass is 35.5. The number of hydrogen-bond acceptors (Lipinski definition) is 6. The van der Waals surface area contributed by atoms with Gasteiger partial charge in [-0.05, 0) is 50.6 Å². The molecule has 174 valence electrons. The normalized spacial score (nSPS) is 18.1. The zero-order valence-electron chi connectivity index (χ0n) is 18.1. The summed E-state index contributed by atoms with van der Waals surface area (Å²) in [6.07, 6.45) is 3.11. The van der Waals surface area contributed by atoms with Gasteiger partial charge in [0.15, 0.2) is 5.82 Å². The van der Waals surface area contributed by atoms with Crippen LogP contribution in [0.4, 0.5) is 11.6 Å². The number of nitrogens with zero attached hydrogens (tertiary/aromatic N) is 4. The van der Waals surface area contributed by atoms with Gasteiger partial charge in [0.1, 0.15) is 17.2 Å². The largest absolute Gasteiger partial charge is 0.369 e. The van der Waals surface area contributed by atoms with Crippen molar-refractivity contribution in [3.8, 4) is 0 Å². The Morgan fingerprint density at radius 1 is 1.09 bits per heavy atom. The molecule has 2 aromatic rings. The molecular formula is C22H29Cl3N6O. The van der Waals surface area contributed by atoms with Crippen molar-refractivity contribution in [2.45, 2.75) is 25.2 Å². The molecule has 0 bridgehead atoms. The quantitative estimate of drug-likeness (QED) is 0.655. The van der Waals surface area contributed by atoms with E-state index in [4.69, 9.17) is 23.2 Å². The summed E-state index contributed by atoms with van der Waals surface area (Å²) in [5.74, 6) is 1.57. The van der Waals surface area contributed by atoms with Crippen LogP contribution in [0.25, 0.3) is 0 Å². The lowest BCUT2D eigenvalue weighted by atomic mass is 9.72. The van der Waals surface area contributed by atoms with Crippen LogP contribution >= 0.6 is 35.6 Å². The van der Waals surface area contributed by atoms with E-state index < -0.39 is 5.41 Å². The molecule has 3 heterocycles. The average molecular weight is 500 g/mol. The molecule has 7 nitrogen and oxygen atoms in total. The van der Waals surface area contributed by atoms with Gasteiger partial charge in [-0.15, -0.1) is 12.4 Å². The van der Waals surface area contributed by atoms with Crippen LogP contribution in [0.15, 0.2) is 30.6 Å². The first-order valence-corrected chi connectivity index (χ1v) is 11.6. The van der Waals surface area contributed by atoms with Crippen LogP contribution in [0, 0.1) is 0 Å². The van der Waals surface area contributed by atoms with Crippen molar-refractivity contribution in [3.05, 3.63) is 46.2 Å². The maximum absolute atomic E-state index is 13.8. The Hall–Kier alpha value is -1.80. The van der Waals surface area contributed by atoms with Gasteiger partial charge in [0, 0.05) is 37.7 Å². The number of carbonyl (C=O) groups excluding carboxylic acids is 1. The molecule has 1 amide bonds. The topological polar surface area (TPSA) is 73.4 Å². The summed E-state index contributed by atoms with van der Waals surface area (Å²) in [4.78, 5) is 26.5. The van der Waals surface area contributed by atoms with Gasteiger partial charge >= 0.3 is 0 Å². The number of halogens is 3. The molecule has 32 heavy (non-hydrogen) atoms. The molecule has 1 aromatic carbocycles. The molecule has 2 saturated heterocycles. The lowest BCUT2D eigenvalue weighted by Crippen LogP contribution is -2.57. The van der Waals surface area contributed by atoms with E-state index in [-0.39, 0.29) is 18.3 Å². The van der Waals surface area contributed by atoms with Gasteiger partial charge in [-0.2, -0.15) is 0 Å². The van der Waals surface area contributed by atoms with E-state index >= 15 is 0 Å². The zero-order chi connectivity index (χ0) is 21.8. The molecule has 2 N–H and O–H groups in total. The number of nitrogens with one attached hydrogen (secondary N) is 2. The van der Waals surface area contributed by atoms with E-state index in [1.165, 1.54) is 6.33 Å². The fraction of sp³-hybridized carbons (Fsp3) is 0.500. The molecule has 0 spiro atoms. The highest BCUT2D eigenvalue weighted by Crippen LogP contribution is 2.37. The summed E-state index contributed by atoms with van der Waals surface area (Å²) in [5, 5.41) is 7.77. The lowest BCUT2D eigenvalue weighted by Gasteiger charge is -2.43. The third-order valence-corrected chi connectivity index (χ3v) is 6.85. The van der Waals surface area contributed by atoms with Crippen LogP contribution in [0.3, 0.4) is 0 Å². The van der Waals surface area contributed by atoms with Crippen LogP contribution < -0.4 is 15.5 Å². The number of amides is 1. The molecule has 0 unspecified atom stereocenters. The van der Waals surface area contributed by atoms with Gasteiger partial charge in [0.2, 0.25) is 5.91 Å². The molecular weight excluding hydrogens is 471 g/mol. The minimum atomic E-state index is -0.497. The summed E-state index contributed by atoms with van der Waals surface area (Å²) >= 11 is 12.6. The first kappa shape index (κ1) is 24.8. The van der Waals surface area contributed by atoms with E-state index in [2.05, 4.69) is 25.5 Å². The molecule has 2 fully saturated rings. The molecule has 0 saturated carbocycles. The van der Waals surface area contributed by atoms with Crippen LogP contribution in [0.5, 0.6) is 0 Å². The van der Waals surface area contributed by atoms with E-state index in [0.29, 0.717) is 47.9 Å². The molecule has 0 aliphatic carbocycles.